The first-order valence-electron chi connectivity index (χ1n) is 36.6. The molecule has 5 aromatic heterocycles. The van der Waals surface area contributed by atoms with E-state index in [9.17, 15) is 9.59 Å². The Hall–Kier alpha value is -10.3. The van der Waals surface area contributed by atoms with Gasteiger partial charge in [0, 0.05) is 46.0 Å². The number of anilines is 1. The Bertz CT molecular complexity index is 5270. The first-order chi connectivity index (χ1) is 48.9. The lowest BCUT2D eigenvalue weighted by Gasteiger charge is -2.19. The van der Waals surface area contributed by atoms with Crippen LogP contribution in [0.5, 0.6) is 0 Å². The number of carbonyl (C=O) groups excluding carboxylic acids is 1. The van der Waals surface area contributed by atoms with Crippen LogP contribution < -0.4 is 11.1 Å². The lowest BCUT2D eigenvalue weighted by molar-refractivity contribution is -0.115. The van der Waals surface area contributed by atoms with Gasteiger partial charge in [0.25, 0.3) is 0 Å². The molecule has 1 amide bonds. The minimum Gasteiger partial charge on any atom is -0.436 e. The van der Waals surface area contributed by atoms with Gasteiger partial charge in [0.1, 0.15) is 16.9 Å². The van der Waals surface area contributed by atoms with Gasteiger partial charge < -0.3 is 28.5 Å². The SMILES string of the molecule is CC(C)(C)c1ccc2c(c1)NC(=O)C2.CC(C)(C)c1ccc2c3c([nH]c2c1)CCCC3.CC(C)(C)c1ccc2nc(-c3ccccc3)[nH]c2c1.CC(C)(C)c1ccc2oc(-c3ccccc3)nc2c1.Cc1ccccc1-c1nc2cc(C(C)(C)C)ccc2o1.Cn1c(=O)oc2ccc(C(C)(C)C)cc21. The molecule has 0 saturated heterocycles. The Balaban J connectivity index is 0.000000125. The monoisotopic (exact) mass is 1390 g/mol. The third-order valence-corrected chi connectivity index (χ3v) is 19.5. The molecular weight excluding hydrogens is 1280 g/mol. The van der Waals surface area contributed by atoms with E-state index >= 15 is 0 Å². The molecule has 3 N–H and O–H groups in total. The first-order valence-corrected chi connectivity index (χ1v) is 36.6. The Morgan fingerprint density at radius 3 is 1.47 bits per heavy atom. The summed E-state index contributed by atoms with van der Waals surface area (Å²) in [6.45, 7) is 41.7. The van der Waals surface area contributed by atoms with Gasteiger partial charge in [0.15, 0.2) is 16.7 Å². The second-order valence-corrected chi connectivity index (χ2v) is 34.0. The Morgan fingerprint density at radius 1 is 0.413 bits per heavy atom. The number of imidazole rings is 1. The largest absolute Gasteiger partial charge is 0.436 e. The number of hydrogen-bond acceptors (Lipinski definition) is 8. The number of oxazole rings is 3. The van der Waals surface area contributed by atoms with E-state index in [1.54, 1.807) is 12.6 Å². The van der Waals surface area contributed by atoms with Crippen LogP contribution in [-0.2, 0) is 63.6 Å². The van der Waals surface area contributed by atoms with E-state index in [1.165, 1.54) is 85.8 Å². The quantitative estimate of drug-likeness (QED) is 0.158. The molecule has 6 heterocycles. The van der Waals surface area contributed by atoms with Crippen molar-refractivity contribution >= 4 is 66.8 Å². The fourth-order valence-corrected chi connectivity index (χ4v) is 12.8. The van der Waals surface area contributed by atoms with E-state index in [1.807, 2.05) is 103 Å². The van der Waals surface area contributed by atoms with Crippen molar-refractivity contribution in [2.24, 2.45) is 7.05 Å². The summed E-state index contributed by atoms with van der Waals surface area (Å²) in [5.74, 6) is 2.11. The number of aromatic amines is 2. The van der Waals surface area contributed by atoms with Crippen LogP contribution in [0.4, 0.5) is 5.69 Å². The molecule has 0 fully saturated rings. The van der Waals surface area contributed by atoms with E-state index in [4.69, 9.17) is 13.3 Å². The van der Waals surface area contributed by atoms with E-state index in [0.29, 0.717) is 23.8 Å². The number of carbonyl (C=O) groups is 1. The smallest absolute Gasteiger partial charge is 0.419 e. The second kappa shape index (κ2) is 29.8. The minimum absolute atomic E-state index is 0.0848. The average molecular weight is 1390 g/mol. The lowest BCUT2D eigenvalue weighted by Crippen LogP contribution is -2.12. The van der Waals surface area contributed by atoms with Gasteiger partial charge in [-0.05, 0) is 194 Å². The van der Waals surface area contributed by atoms with Gasteiger partial charge in [-0.2, -0.15) is 0 Å². The molecule has 0 radical (unpaired) electrons. The molecular formula is C92H105N7O5. The summed E-state index contributed by atoms with van der Waals surface area (Å²) in [7, 11) is 1.72. The summed E-state index contributed by atoms with van der Waals surface area (Å²) in [4.78, 5) is 43.4. The van der Waals surface area contributed by atoms with Crippen LogP contribution in [0.15, 0.2) is 212 Å². The number of aryl methyl sites for hydroxylation is 4. The molecule has 16 rings (SSSR count). The fourth-order valence-electron chi connectivity index (χ4n) is 12.8. The van der Waals surface area contributed by atoms with Crippen LogP contribution in [0.2, 0.25) is 0 Å². The van der Waals surface area contributed by atoms with Gasteiger partial charge in [-0.3, -0.25) is 9.36 Å². The van der Waals surface area contributed by atoms with Crippen molar-refractivity contribution in [2.75, 3.05) is 5.32 Å². The topological polar surface area (TPSA) is 161 Å². The standard InChI is InChI=1S/C18H19NO.C17H18N2.C17H17NO.C16H21N.C12H15NO2.C12H15NO/c1-12-7-5-6-8-14(12)17-19-15-11-13(18(2,3)4)9-10-16(15)20-17;1-17(2,3)13-9-10-14-15(11-13)19-16(18-14)12-7-5-4-6-8-12;1-17(2,3)13-9-10-15-14(11-13)18-16(19-15)12-7-5-4-6-8-12;1-16(2,3)11-8-9-13-12-6-4-5-7-14(12)17-15(13)10-11;1-12(2,3)8-5-6-10-9(7-8)13(4)11(14)15-10;1-12(2,3)9-5-4-8-6-11(14)13-10(8)7-9/h5-11H,1-4H3;4-11H,1-3H3,(H,18,19);4-11H,1-3H3;8-10,17H,4-7H2,1-3H3;5-7H,1-4H3;4-5,7H,6H2,1-3H3,(H,13,14). The van der Waals surface area contributed by atoms with Crippen molar-refractivity contribution in [1.29, 1.82) is 0 Å². The predicted molar refractivity (Wildman–Crippen MR) is 433 cm³/mol. The molecule has 0 spiro atoms. The van der Waals surface area contributed by atoms with Crippen LogP contribution in [0.25, 0.3) is 89.5 Å². The maximum atomic E-state index is 11.3. The van der Waals surface area contributed by atoms with Crippen molar-refractivity contribution in [1.82, 2.24) is 29.5 Å². The Morgan fingerprint density at radius 2 is 0.885 bits per heavy atom. The zero-order valence-corrected chi connectivity index (χ0v) is 64.8. The van der Waals surface area contributed by atoms with Crippen LogP contribution in [0.3, 0.4) is 0 Å². The number of nitrogens with zero attached hydrogens (tertiary/aromatic N) is 4. The normalized spacial score (nSPS) is 13.1. The van der Waals surface area contributed by atoms with Crippen molar-refractivity contribution in [3.63, 3.8) is 0 Å². The molecule has 0 unspecified atom stereocenters. The van der Waals surface area contributed by atoms with Gasteiger partial charge in [0.05, 0.1) is 23.0 Å². The van der Waals surface area contributed by atoms with Crippen LogP contribution in [0.1, 0.15) is 193 Å². The highest BCUT2D eigenvalue weighted by Gasteiger charge is 2.24. The summed E-state index contributed by atoms with van der Waals surface area (Å²) >= 11 is 0. The molecule has 1 aliphatic carbocycles. The minimum atomic E-state index is -0.309. The number of rotatable bonds is 3. The van der Waals surface area contributed by atoms with Crippen LogP contribution in [-0.4, -0.2) is 35.4 Å². The Kier molecular flexibility index (Phi) is 21.4. The number of nitrogens with one attached hydrogen (secondary N) is 3. The van der Waals surface area contributed by atoms with E-state index in [-0.39, 0.29) is 44.2 Å². The first kappa shape index (κ1) is 74.8. The highest BCUT2D eigenvalue weighted by atomic mass is 16.4. The fraction of sp³-hybridized carbons (Fsp3) is 0.337. The third-order valence-electron chi connectivity index (χ3n) is 19.5. The second-order valence-electron chi connectivity index (χ2n) is 34.0. The zero-order valence-electron chi connectivity index (χ0n) is 64.8. The van der Waals surface area contributed by atoms with Gasteiger partial charge in [-0.15, -0.1) is 0 Å². The molecule has 12 nitrogen and oxygen atoms in total. The van der Waals surface area contributed by atoms with Gasteiger partial charge in [0.2, 0.25) is 17.7 Å². The maximum absolute atomic E-state index is 11.3. The number of benzene rings is 9. The number of aromatic nitrogens is 6. The molecule has 2 aliphatic rings. The molecule has 0 saturated carbocycles. The number of hydrogen-bond donors (Lipinski definition) is 3. The molecule has 9 aromatic carbocycles. The van der Waals surface area contributed by atoms with Crippen LogP contribution >= 0.6 is 0 Å². The summed E-state index contributed by atoms with van der Waals surface area (Å²) in [6, 6.07) is 66.4. The predicted octanol–water partition coefficient (Wildman–Crippen LogP) is 23.7. The van der Waals surface area contributed by atoms with Crippen molar-refractivity contribution in [2.45, 2.75) is 196 Å². The van der Waals surface area contributed by atoms with E-state index in [2.05, 4.69) is 253 Å². The maximum Gasteiger partial charge on any atom is 0.419 e. The number of amides is 1. The van der Waals surface area contributed by atoms with Gasteiger partial charge >= 0.3 is 5.76 Å². The van der Waals surface area contributed by atoms with Crippen LogP contribution in [0, 0.1) is 6.92 Å². The lowest BCUT2D eigenvalue weighted by atomic mass is 9.86. The summed E-state index contributed by atoms with van der Waals surface area (Å²) in [5.41, 5.74) is 26.6. The molecule has 14 aromatic rings. The third kappa shape index (κ3) is 17.8. The zero-order chi connectivity index (χ0) is 74.8. The molecule has 0 bridgehead atoms. The van der Waals surface area contributed by atoms with E-state index in [0.717, 1.165) is 72.5 Å². The summed E-state index contributed by atoms with van der Waals surface area (Å²) < 4.78 is 18.3. The molecule has 1 aliphatic heterocycles. The Labute approximate surface area is 614 Å². The highest BCUT2D eigenvalue weighted by molar-refractivity contribution is 5.99. The highest BCUT2D eigenvalue weighted by Crippen LogP contribution is 2.37. The summed E-state index contributed by atoms with van der Waals surface area (Å²) in [5, 5.41) is 4.32. The molecule has 538 valence electrons. The van der Waals surface area contributed by atoms with Gasteiger partial charge in [-0.25, -0.2) is 19.7 Å². The number of fused-ring (bicyclic) bond motifs is 8. The summed E-state index contributed by atoms with van der Waals surface area (Å²) in [6.07, 6.45) is 5.70. The molecule has 104 heavy (non-hydrogen) atoms. The van der Waals surface area contributed by atoms with Crippen molar-refractivity contribution in [3.8, 4) is 34.3 Å². The van der Waals surface area contributed by atoms with Crippen molar-refractivity contribution in [3.05, 3.63) is 260 Å². The molecule has 12 heteroatoms. The van der Waals surface area contributed by atoms with Gasteiger partial charge in [-0.1, -0.05) is 240 Å². The average Bonchev–Trinajstić information content (AvgIpc) is 1.65. The number of H-pyrrole nitrogens is 2. The van der Waals surface area contributed by atoms with Crippen molar-refractivity contribution < 1.29 is 18.0 Å². The van der Waals surface area contributed by atoms with E-state index < -0.39 is 0 Å². The molecule has 0 atom stereocenters.